The van der Waals surface area contributed by atoms with Crippen LogP contribution in [0.1, 0.15) is 33.6 Å². The Morgan fingerprint density at radius 1 is 0.833 bits per heavy atom. The third kappa shape index (κ3) is 12.3. The fourth-order valence-electron chi connectivity index (χ4n) is 2.09. The zero-order chi connectivity index (χ0) is 22.4. The van der Waals surface area contributed by atoms with Gasteiger partial charge < -0.3 is 19.7 Å². The Balaban J connectivity index is 0.000000308. The molecule has 0 saturated carbocycles. The minimum absolute atomic E-state index is 0.0837. The summed E-state index contributed by atoms with van der Waals surface area (Å²) in [5.41, 5.74) is -0.584. The number of esters is 2. The smallest absolute Gasteiger partial charge is 0.306 e. The molecule has 0 radical (unpaired) electrons. The number of hydrogen-bond donors (Lipinski definition) is 2. The summed E-state index contributed by atoms with van der Waals surface area (Å²) >= 11 is 1.79. The van der Waals surface area contributed by atoms with Crippen molar-refractivity contribution in [2.75, 3.05) is 13.2 Å². The molecule has 2 aromatic carbocycles. The van der Waals surface area contributed by atoms with Crippen LogP contribution in [0.3, 0.4) is 0 Å². The lowest BCUT2D eigenvalue weighted by Gasteiger charge is -2.19. The molecule has 7 heteroatoms. The van der Waals surface area contributed by atoms with Gasteiger partial charge >= 0.3 is 11.9 Å². The molecule has 2 aromatic rings. The summed E-state index contributed by atoms with van der Waals surface area (Å²) in [6.45, 7) is 4.30. The maximum absolute atomic E-state index is 11.3. The molecule has 30 heavy (non-hydrogen) atoms. The molecule has 0 amide bonds. The lowest BCUT2D eigenvalue weighted by molar-refractivity contribution is -0.161. The van der Waals surface area contributed by atoms with Crippen molar-refractivity contribution in [1.82, 2.24) is 0 Å². The molecule has 0 heterocycles. The summed E-state index contributed by atoms with van der Waals surface area (Å²) in [6.07, 6.45) is -1.15. The van der Waals surface area contributed by atoms with E-state index in [4.69, 9.17) is 14.9 Å². The predicted octanol–water partition coefficient (Wildman–Crippen LogP) is 3.84. The molecular weight excluding hydrogens is 404 g/mol. The number of hydrogen-bond acceptors (Lipinski definition) is 7. The zero-order valence-electron chi connectivity index (χ0n) is 17.6. The zero-order valence-corrected chi connectivity index (χ0v) is 18.4. The molecule has 0 aliphatic carbocycles. The van der Waals surface area contributed by atoms with E-state index in [9.17, 15) is 9.59 Å². The number of carbonyl (C=O) groups excluding carboxylic acids is 2. The third-order valence-electron chi connectivity index (χ3n) is 3.38. The van der Waals surface area contributed by atoms with Gasteiger partial charge in [0.2, 0.25) is 0 Å². The van der Waals surface area contributed by atoms with Crippen LogP contribution in [0.15, 0.2) is 70.5 Å². The van der Waals surface area contributed by atoms with Gasteiger partial charge in [0.15, 0.2) is 0 Å². The first kappa shape index (κ1) is 25.7. The number of benzene rings is 2. The second kappa shape index (κ2) is 13.8. The maximum Gasteiger partial charge on any atom is 0.306 e. The Bertz CT molecular complexity index is 702. The largest absolute Gasteiger partial charge is 0.460 e. The van der Waals surface area contributed by atoms with Crippen molar-refractivity contribution in [1.29, 1.82) is 0 Å². The molecule has 2 N–H and O–H groups in total. The van der Waals surface area contributed by atoms with Gasteiger partial charge in [-0.1, -0.05) is 48.2 Å². The molecule has 0 aromatic heterocycles. The first-order chi connectivity index (χ1) is 14.2. The van der Waals surface area contributed by atoms with E-state index in [1.807, 2.05) is 12.1 Å². The number of aliphatic hydroxyl groups is 2. The monoisotopic (exact) mass is 434 g/mol. The van der Waals surface area contributed by atoms with Crippen molar-refractivity contribution in [2.24, 2.45) is 0 Å². The van der Waals surface area contributed by atoms with Crippen LogP contribution in [0, 0.1) is 0 Å². The molecule has 0 bridgehead atoms. The van der Waals surface area contributed by atoms with Crippen molar-refractivity contribution in [3.63, 3.8) is 0 Å². The minimum atomic E-state index is -0.930. The minimum Gasteiger partial charge on any atom is -0.460 e. The first-order valence-corrected chi connectivity index (χ1v) is 10.5. The second-order valence-corrected chi connectivity index (χ2v) is 8.44. The lowest BCUT2D eigenvalue weighted by Crippen LogP contribution is -2.27. The average molecular weight is 435 g/mol. The Morgan fingerprint density at radius 3 is 1.67 bits per heavy atom. The maximum atomic E-state index is 11.3. The van der Waals surface area contributed by atoms with Gasteiger partial charge in [-0.15, -0.1) is 0 Å². The molecule has 0 aliphatic rings. The molecule has 0 atom stereocenters. The van der Waals surface area contributed by atoms with Gasteiger partial charge in [0, 0.05) is 9.79 Å². The van der Waals surface area contributed by atoms with Gasteiger partial charge in [0.05, 0.1) is 26.1 Å². The predicted molar refractivity (Wildman–Crippen MR) is 116 cm³/mol. The van der Waals surface area contributed by atoms with E-state index in [0.29, 0.717) is 0 Å². The number of aliphatic hydroxyl groups excluding tert-OH is 2. The molecule has 2 rings (SSSR count). The first-order valence-electron chi connectivity index (χ1n) is 9.64. The lowest BCUT2D eigenvalue weighted by atomic mass is 10.2. The quantitative estimate of drug-likeness (QED) is 0.610. The summed E-state index contributed by atoms with van der Waals surface area (Å²) in [5.74, 6) is -1.14. The summed E-state index contributed by atoms with van der Waals surface area (Å²) in [7, 11) is 0. The van der Waals surface area contributed by atoms with E-state index in [-0.39, 0.29) is 12.8 Å². The molecule has 0 spiro atoms. The van der Waals surface area contributed by atoms with Crippen molar-refractivity contribution in [3.8, 4) is 0 Å². The number of carbonyl (C=O) groups is 2. The second-order valence-electron chi connectivity index (χ2n) is 7.29. The Kier molecular flexibility index (Phi) is 11.8. The number of rotatable bonds is 8. The fourth-order valence-corrected chi connectivity index (χ4v) is 2.95. The van der Waals surface area contributed by atoms with Gasteiger partial charge in [-0.05, 0) is 45.0 Å². The highest BCUT2D eigenvalue weighted by molar-refractivity contribution is 7.99. The van der Waals surface area contributed by atoms with Crippen molar-refractivity contribution < 1.29 is 29.3 Å². The average Bonchev–Trinajstić information content (AvgIpc) is 2.71. The molecule has 6 nitrogen and oxygen atoms in total. The van der Waals surface area contributed by atoms with Crippen LogP contribution in [0.4, 0.5) is 0 Å². The van der Waals surface area contributed by atoms with Crippen LogP contribution in [0.2, 0.25) is 0 Å². The van der Waals surface area contributed by atoms with Crippen LogP contribution < -0.4 is 0 Å². The summed E-state index contributed by atoms with van der Waals surface area (Å²) in [4.78, 5) is 25.0. The van der Waals surface area contributed by atoms with Gasteiger partial charge in [-0.3, -0.25) is 9.59 Å². The Morgan fingerprint density at radius 2 is 1.27 bits per heavy atom. The standard InChI is InChI=1S/C12H10S.C11H20O6/c1-3-7-11(8-4-1)13-12-9-5-2-6-10-12;1-11(2,3)17-10(15)5-4-9(14)16-8(6-12)7-13/h1-10H;8,12-13H,4-7H2,1-3H3. The molecular formula is C23H30O6S. The van der Waals surface area contributed by atoms with Crippen LogP contribution in [-0.2, 0) is 19.1 Å². The highest BCUT2D eigenvalue weighted by Gasteiger charge is 2.18. The van der Waals surface area contributed by atoms with Crippen LogP contribution in [0.5, 0.6) is 0 Å². The molecule has 0 aliphatic heterocycles. The van der Waals surface area contributed by atoms with Crippen molar-refractivity contribution in [2.45, 2.75) is 55.1 Å². The Labute approximate surface area is 182 Å². The van der Waals surface area contributed by atoms with E-state index >= 15 is 0 Å². The van der Waals surface area contributed by atoms with Gasteiger partial charge in [-0.2, -0.15) is 0 Å². The molecule has 0 saturated heterocycles. The van der Waals surface area contributed by atoms with Crippen LogP contribution >= 0.6 is 11.8 Å². The van der Waals surface area contributed by atoms with Crippen LogP contribution in [-0.4, -0.2) is 47.1 Å². The molecule has 0 fully saturated rings. The summed E-state index contributed by atoms with van der Waals surface area (Å²) in [5, 5.41) is 17.4. The molecule has 0 unspecified atom stereocenters. The van der Waals surface area contributed by atoms with E-state index < -0.39 is 36.9 Å². The van der Waals surface area contributed by atoms with Gasteiger partial charge in [0.25, 0.3) is 0 Å². The SMILES string of the molecule is CC(C)(C)OC(=O)CCC(=O)OC(CO)CO.c1ccc(Sc2ccccc2)cc1. The van der Waals surface area contributed by atoms with E-state index in [1.54, 1.807) is 32.5 Å². The van der Waals surface area contributed by atoms with Gasteiger partial charge in [0.1, 0.15) is 11.7 Å². The van der Waals surface area contributed by atoms with E-state index in [2.05, 4.69) is 53.3 Å². The summed E-state index contributed by atoms with van der Waals surface area (Å²) < 4.78 is 9.68. The number of ether oxygens (including phenoxy) is 2. The topological polar surface area (TPSA) is 93.1 Å². The highest BCUT2D eigenvalue weighted by Crippen LogP contribution is 2.26. The third-order valence-corrected chi connectivity index (χ3v) is 4.40. The van der Waals surface area contributed by atoms with E-state index in [0.717, 1.165) is 0 Å². The molecule has 164 valence electrons. The summed E-state index contributed by atoms with van der Waals surface area (Å²) in [6, 6.07) is 20.8. The van der Waals surface area contributed by atoms with E-state index in [1.165, 1.54) is 9.79 Å². The normalized spacial score (nSPS) is 10.7. The van der Waals surface area contributed by atoms with Crippen LogP contribution in [0.25, 0.3) is 0 Å². The highest BCUT2D eigenvalue weighted by atomic mass is 32.2. The van der Waals surface area contributed by atoms with Crippen molar-refractivity contribution >= 4 is 23.7 Å². The fraction of sp³-hybridized carbons (Fsp3) is 0.391. The van der Waals surface area contributed by atoms with Crippen molar-refractivity contribution in [3.05, 3.63) is 60.7 Å². The Hall–Kier alpha value is -2.35. The van der Waals surface area contributed by atoms with Gasteiger partial charge in [-0.25, -0.2) is 0 Å².